The molecule has 2 atom stereocenters. The summed E-state index contributed by atoms with van der Waals surface area (Å²) in [5, 5.41) is 4.09. The van der Waals surface area contributed by atoms with Crippen molar-refractivity contribution in [2.45, 2.75) is 39.3 Å². The van der Waals surface area contributed by atoms with E-state index in [2.05, 4.69) is 21.1 Å². The minimum absolute atomic E-state index is 0.0898. The lowest BCUT2D eigenvalue weighted by atomic mass is 9.82. The molecular weight excluding hydrogens is 352 g/mol. The molecule has 0 aromatic carbocycles. The van der Waals surface area contributed by atoms with Crippen molar-refractivity contribution in [3.8, 4) is 11.3 Å². The molecule has 1 saturated heterocycles. The van der Waals surface area contributed by atoms with E-state index in [1.165, 1.54) is 5.56 Å². The van der Waals surface area contributed by atoms with Crippen molar-refractivity contribution in [3.63, 3.8) is 0 Å². The standard InChI is InChI=1S/C22H24N4O2/c1-14-19(15(2)28-24-14)13-25-10-16-7-18(12-25)21-8-17(9-22(27)26(21)11-16)20-5-3-4-6-23-20/h3-6,8-9,16,18H,7,10-13H2,1-2H3/t16-,18+/m0/s1. The van der Waals surface area contributed by atoms with E-state index >= 15 is 0 Å². The number of likely N-dealkylation sites (tertiary alicyclic amines) is 1. The Kier molecular flexibility index (Phi) is 4.16. The largest absolute Gasteiger partial charge is 0.361 e. The average Bonchev–Trinajstić information content (AvgIpc) is 3.01. The minimum Gasteiger partial charge on any atom is -0.361 e. The highest BCUT2D eigenvalue weighted by Crippen LogP contribution is 2.37. The van der Waals surface area contributed by atoms with E-state index in [0.29, 0.717) is 11.8 Å². The highest BCUT2D eigenvalue weighted by atomic mass is 16.5. The number of rotatable bonds is 3. The fourth-order valence-electron chi connectivity index (χ4n) is 4.82. The molecule has 0 saturated carbocycles. The minimum atomic E-state index is 0.0898. The molecule has 3 aromatic rings. The fourth-order valence-corrected chi connectivity index (χ4v) is 4.82. The first-order chi connectivity index (χ1) is 13.6. The molecule has 2 bridgehead atoms. The highest BCUT2D eigenvalue weighted by molar-refractivity contribution is 5.59. The van der Waals surface area contributed by atoms with Gasteiger partial charge in [-0.25, -0.2) is 0 Å². The van der Waals surface area contributed by atoms with Gasteiger partial charge in [-0.15, -0.1) is 0 Å². The molecule has 6 heteroatoms. The molecule has 0 aliphatic carbocycles. The zero-order chi connectivity index (χ0) is 19.3. The lowest BCUT2D eigenvalue weighted by Gasteiger charge is -2.43. The quantitative estimate of drug-likeness (QED) is 0.703. The third-order valence-corrected chi connectivity index (χ3v) is 6.16. The molecule has 2 aliphatic heterocycles. The number of nitrogens with zero attached hydrogens (tertiary/aromatic N) is 4. The van der Waals surface area contributed by atoms with Gasteiger partial charge in [-0.2, -0.15) is 0 Å². The van der Waals surface area contributed by atoms with Crippen LogP contribution in [0.25, 0.3) is 11.3 Å². The zero-order valence-corrected chi connectivity index (χ0v) is 16.3. The predicted octanol–water partition coefficient (Wildman–Crippen LogP) is 3.13. The van der Waals surface area contributed by atoms with Crippen molar-refractivity contribution in [1.29, 1.82) is 0 Å². The number of piperidine rings is 1. The van der Waals surface area contributed by atoms with E-state index in [1.807, 2.05) is 36.6 Å². The van der Waals surface area contributed by atoms with Crippen LogP contribution in [0.2, 0.25) is 0 Å². The van der Waals surface area contributed by atoms with Crippen LogP contribution >= 0.6 is 0 Å². The highest BCUT2D eigenvalue weighted by Gasteiger charge is 2.35. The second kappa shape index (κ2) is 6.71. The summed E-state index contributed by atoms with van der Waals surface area (Å²) in [4.78, 5) is 19.7. The third-order valence-electron chi connectivity index (χ3n) is 6.16. The molecule has 0 radical (unpaired) electrons. The van der Waals surface area contributed by atoms with Crippen molar-refractivity contribution in [2.24, 2.45) is 5.92 Å². The van der Waals surface area contributed by atoms with Crippen LogP contribution in [0, 0.1) is 19.8 Å². The van der Waals surface area contributed by atoms with E-state index in [0.717, 1.165) is 61.0 Å². The number of hydrogen-bond acceptors (Lipinski definition) is 5. The summed E-state index contributed by atoms with van der Waals surface area (Å²) in [6.07, 6.45) is 2.91. The number of hydrogen-bond donors (Lipinski definition) is 0. The van der Waals surface area contributed by atoms with Gasteiger partial charge < -0.3 is 9.09 Å². The number of pyridine rings is 2. The molecular formula is C22H24N4O2. The summed E-state index contributed by atoms with van der Waals surface area (Å²) in [5.74, 6) is 1.77. The van der Waals surface area contributed by atoms with Crippen molar-refractivity contribution < 1.29 is 4.52 Å². The fraction of sp³-hybridized carbons (Fsp3) is 0.409. The van der Waals surface area contributed by atoms with Crippen LogP contribution in [0.1, 0.15) is 35.1 Å². The van der Waals surface area contributed by atoms with Crippen LogP contribution in [0.5, 0.6) is 0 Å². The van der Waals surface area contributed by atoms with Crippen LogP contribution in [-0.2, 0) is 13.1 Å². The normalized spacial score (nSPS) is 21.5. The Morgan fingerprint density at radius 2 is 2.07 bits per heavy atom. The predicted molar refractivity (Wildman–Crippen MR) is 106 cm³/mol. The van der Waals surface area contributed by atoms with Crippen molar-refractivity contribution in [2.75, 3.05) is 13.1 Å². The first-order valence-electron chi connectivity index (χ1n) is 9.89. The number of fused-ring (bicyclic) bond motifs is 4. The Labute approximate surface area is 163 Å². The van der Waals surface area contributed by atoms with Crippen LogP contribution in [0.3, 0.4) is 0 Å². The van der Waals surface area contributed by atoms with Gasteiger partial charge in [0.05, 0.1) is 11.4 Å². The van der Waals surface area contributed by atoms with Crippen LogP contribution < -0.4 is 5.56 Å². The van der Waals surface area contributed by atoms with Crippen LogP contribution in [-0.4, -0.2) is 32.7 Å². The van der Waals surface area contributed by atoms with Crippen molar-refractivity contribution >= 4 is 0 Å². The molecule has 6 nitrogen and oxygen atoms in total. The van der Waals surface area contributed by atoms with Gasteiger partial charge in [-0.05, 0) is 44.4 Å². The first-order valence-corrected chi connectivity index (χ1v) is 9.89. The molecule has 144 valence electrons. The van der Waals surface area contributed by atoms with E-state index in [9.17, 15) is 4.79 Å². The monoisotopic (exact) mass is 376 g/mol. The van der Waals surface area contributed by atoms with Gasteiger partial charge in [0, 0.05) is 61.2 Å². The summed E-state index contributed by atoms with van der Waals surface area (Å²) < 4.78 is 7.32. The summed E-state index contributed by atoms with van der Waals surface area (Å²) in [6.45, 7) is 7.60. The molecule has 0 unspecified atom stereocenters. The van der Waals surface area contributed by atoms with Gasteiger partial charge in [0.1, 0.15) is 5.76 Å². The Morgan fingerprint density at radius 1 is 1.18 bits per heavy atom. The van der Waals surface area contributed by atoms with E-state index < -0.39 is 0 Å². The SMILES string of the molecule is Cc1noc(C)c1CN1C[C@@H]2C[C@H](C1)c1cc(-c3ccccn3)cc(=O)n1C2. The number of aryl methyl sites for hydroxylation is 2. The van der Waals surface area contributed by atoms with E-state index in [1.54, 1.807) is 12.3 Å². The molecule has 28 heavy (non-hydrogen) atoms. The molecule has 3 aromatic heterocycles. The Morgan fingerprint density at radius 3 is 2.82 bits per heavy atom. The maximum Gasteiger partial charge on any atom is 0.251 e. The Balaban J connectivity index is 1.47. The van der Waals surface area contributed by atoms with Crippen molar-refractivity contribution in [3.05, 3.63) is 69.6 Å². The lowest BCUT2D eigenvalue weighted by Crippen LogP contribution is -2.46. The van der Waals surface area contributed by atoms with E-state index in [-0.39, 0.29) is 5.56 Å². The lowest BCUT2D eigenvalue weighted by molar-refractivity contribution is 0.114. The van der Waals surface area contributed by atoms with Gasteiger partial charge in [0.2, 0.25) is 0 Å². The molecule has 5 heterocycles. The van der Waals surface area contributed by atoms with Gasteiger partial charge in [0.15, 0.2) is 0 Å². The smallest absolute Gasteiger partial charge is 0.251 e. The molecule has 0 amide bonds. The molecule has 0 spiro atoms. The Hall–Kier alpha value is -2.73. The molecule has 5 rings (SSSR count). The molecule has 0 N–H and O–H groups in total. The van der Waals surface area contributed by atoms with Gasteiger partial charge in [-0.3, -0.25) is 14.7 Å². The van der Waals surface area contributed by atoms with Gasteiger partial charge >= 0.3 is 0 Å². The van der Waals surface area contributed by atoms with Crippen LogP contribution in [0.15, 0.2) is 45.8 Å². The Bertz CT molecular complexity index is 1050. The third kappa shape index (κ3) is 2.98. The zero-order valence-electron chi connectivity index (χ0n) is 16.3. The maximum absolute atomic E-state index is 12.8. The topological polar surface area (TPSA) is 64.2 Å². The summed E-state index contributed by atoms with van der Waals surface area (Å²) in [7, 11) is 0. The summed E-state index contributed by atoms with van der Waals surface area (Å²) in [6, 6.07) is 9.72. The summed E-state index contributed by atoms with van der Waals surface area (Å²) >= 11 is 0. The van der Waals surface area contributed by atoms with Crippen LogP contribution in [0.4, 0.5) is 0 Å². The first kappa shape index (κ1) is 17.4. The van der Waals surface area contributed by atoms with E-state index in [4.69, 9.17) is 4.52 Å². The number of aromatic nitrogens is 3. The second-order valence-corrected chi connectivity index (χ2v) is 8.13. The second-order valence-electron chi connectivity index (χ2n) is 8.13. The molecule has 1 fully saturated rings. The molecule has 2 aliphatic rings. The average molecular weight is 376 g/mol. The van der Waals surface area contributed by atoms with Crippen molar-refractivity contribution in [1.82, 2.24) is 19.6 Å². The van der Waals surface area contributed by atoms with Gasteiger partial charge in [-0.1, -0.05) is 11.2 Å². The summed E-state index contributed by atoms with van der Waals surface area (Å²) in [5.41, 5.74) is 5.17. The maximum atomic E-state index is 12.8. The van der Waals surface area contributed by atoms with Gasteiger partial charge in [0.25, 0.3) is 5.56 Å².